The van der Waals surface area contributed by atoms with E-state index in [9.17, 15) is 9.90 Å². The van der Waals surface area contributed by atoms with Crippen molar-refractivity contribution in [1.29, 1.82) is 0 Å². The molecule has 5 heteroatoms. The average Bonchev–Trinajstić information content (AvgIpc) is 2.69. The quantitative estimate of drug-likeness (QED) is 0.871. The average molecular weight is 289 g/mol. The van der Waals surface area contributed by atoms with E-state index in [4.69, 9.17) is 5.73 Å². The van der Waals surface area contributed by atoms with E-state index in [2.05, 4.69) is 4.98 Å². The molecule has 2 atom stereocenters. The molecule has 1 aromatic rings. The van der Waals surface area contributed by atoms with Crippen LogP contribution in [0.3, 0.4) is 0 Å². The number of hydrogen-bond donors (Lipinski definition) is 2. The number of amides is 1. The minimum absolute atomic E-state index is 0.0328. The van der Waals surface area contributed by atoms with Gasteiger partial charge in [-0.15, -0.1) is 0 Å². The van der Waals surface area contributed by atoms with Crippen molar-refractivity contribution in [3.8, 4) is 0 Å². The van der Waals surface area contributed by atoms with Gasteiger partial charge < -0.3 is 15.7 Å². The third-order valence-electron chi connectivity index (χ3n) is 4.65. The number of aromatic nitrogens is 1. The van der Waals surface area contributed by atoms with Crippen molar-refractivity contribution in [2.24, 2.45) is 0 Å². The van der Waals surface area contributed by atoms with Crippen LogP contribution in [0.25, 0.3) is 0 Å². The number of nitrogens with zero attached hydrogens (tertiary/aromatic N) is 2. The third-order valence-corrected chi connectivity index (χ3v) is 4.65. The summed E-state index contributed by atoms with van der Waals surface area (Å²) in [5, 5.41) is 9.85. The minimum atomic E-state index is -0.264. The van der Waals surface area contributed by atoms with E-state index in [0.717, 1.165) is 18.5 Å². The molecule has 114 valence electrons. The van der Waals surface area contributed by atoms with E-state index >= 15 is 0 Å². The van der Waals surface area contributed by atoms with E-state index in [1.165, 1.54) is 0 Å². The molecule has 21 heavy (non-hydrogen) atoms. The fourth-order valence-corrected chi connectivity index (χ4v) is 3.62. The van der Waals surface area contributed by atoms with E-state index in [1.807, 2.05) is 24.8 Å². The highest BCUT2D eigenvalue weighted by molar-refractivity contribution is 5.95. The van der Waals surface area contributed by atoms with Crippen LogP contribution in [0.1, 0.15) is 61.5 Å². The number of fused-ring (bicyclic) bond motifs is 2. The normalized spacial score (nSPS) is 28.2. The summed E-state index contributed by atoms with van der Waals surface area (Å²) in [7, 11) is 0. The Bertz CT molecular complexity index is 544. The van der Waals surface area contributed by atoms with Gasteiger partial charge in [0, 0.05) is 23.3 Å². The van der Waals surface area contributed by atoms with Crippen molar-refractivity contribution >= 4 is 11.7 Å². The van der Waals surface area contributed by atoms with E-state index in [1.54, 1.807) is 6.07 Å². The van der Waals surface area contributed by atoms with Crippen LogP contribution in [-0.4, -0.2) is 39.1 Å². The molecule has 2 bridgehead atoms. The summed E-state index contributed by atoms with van der Waals surface area (Å²) in [4.78, 5) is 19.1. The number of anilines is 1. The zero-order valence-corrected chi connectivity index (χ0v) is 12.6. The molecule has 5 nitrogen and oxygen atoms in total. The number of nitrogens with two attached hydrogens (primary N) is 1. The number of hydrogen-bond acceptors (Lipinski definition) is 4. The van der Waals surface area contributed by atoms with Crippen LogP contribution in [0.2, 0.25) is 0 Å². The van der Waals surface area contributed by atoms with Crippen LogP contribution in [0.15, 0.2) is 12.1 Å². The molecule has 0 aromatic carbocycles. The lowest BCUT2D eigenvalue weighted by molar-refractivity contribution is 0.0287. The molecule has 2 unspecified atom stereocenters. The maximum atomic E-state index is 12.9. The predicted molar refractivity (Wildman–Crippen MR) is 81.0 cm³/mol. The number of pyridine rings is 1. The van der Waals surface area contributed by atoms with Crippen molar-refractivity contribution in [1.82, 2.24) is 9.88 Å². The summed E-state index contributed by atoms with van der Waals surface area (Å²) in [5.41, 5.74) is 7.32. The van der Waals surface area contributed by atoms with Crippen LogP contribution in [0.5, 0.6) is 0 Å². The summed E-state index contributed by atoms with van der Waals surface area (Å²) >= 11 is 0. The monoisotopic (exact) mass is 289 g/mol. The van der Waals surface area contributed by atoms with Gasteiger partial charge in [-0.1, -0.05) is 13.8 Å². The molecule has 2 saturated heterocycles. The Labute approximate surface area is 125 Å². The first-order valence-electron chi connectivity index (χ1n) is 7.74. The van der Waals surface area contributed by atoms with Gasteiger partial charge in [0.15, 0.2) is 0 Å². The van der Waals surface area contributed by atoms with Crippen molar-refractivity contribution in [2.45, 2.75) is 63.6 Å². The number of piperidine rings is 1. The third kappa shape index (κ3) is 2.62. The highest BCUT2D eigenvalue weighted by Crippen LogP contribution is 2.37. The van der Waals surface area contributed by atoms with E-state index in [0.29, 0.717) is 24.2 Å². The second-order valence-electron chi connectivity index (χ2n) is 6.58. The summed E-state index contributed by atoms with van der Waals surface area (Å²) < 4.78 is 0. The molecule has 2 fully saturated rings. The van der Waals surface area contributed by atoms with Crippen LogP contribution in [0, 0.1) is 0 Å². The molecule has 3 rings (SSSR count). The summed E-state index contributed by atoms with van der Waals surface area (Å²) in [6, 6.07) is 3.86. The van der Waals surface area contributed by atoms with Crippen LogP contribution < -0.4 is 5.73 Å². The Morgan fingerprint density at radius 1 is 1.33 bits per heavy atom. The second-order valence-corrected chi connectivity index (χ2v) is 6.58. The number of aliphatic hydroxyl groups excluding tert-OH is 1. The number of rotatable bonds is 2. The smallest absolute Gasteiger partial charge is 0.254 e. The van der Waals surface area contributed by atoms with Crippen LogP contribution in [-0.2, 0) is 0 Å². The molecule has 3 N–H and O–H groups in total. The zero-order valence-electron chi connectivity index (χ0n) is 12.6. The van der Waals surface area contributed by atoms with Gasteiger partial charge in [-0.25, -0.2) is 4.98 Å². The van der Waals surface area contributed by atoms with Gasteiger partial charge in [0.1, 0.15) is 5.82 Å². The molecule has 2 aliphatic heterocycles. The number of carbonyl (C=O) groups is 1. The molecule has 0 radical (unpaired) electrons. The zero-order chi connectivity index (χ0) is 15.1. The summed E-state index contributed by atoms with van der Waals surface area (Å²) in [6.45, 7) is 4.08. The Morgan fingerprint density at radius 2 is 1.95 bits per heavy atom. The SMILES string of the molecule is CC(C)c1cc(C(=O)N2C3CCC2CC(O)C3)cc(N)n1. The van der Waals surface area contributed by atoms with Gasteiger partial charge in [0.2, 0.25) is 0 Å². The molecule has 2 aliphatic rings. The minimum Gasteiger partial charge on any atom is -0.393 e. The van der Waals surface area contributed by atoms with Crippen LogP contribution in [0.4, 0.5) is 5.82 Å². The van der Waals surface area contributed by atoms with Gasteiger partial charge in [-0.2, -0.15) is 0 Å². The predicted octanol–water partition coefficient (Wildman–Crippen LogP) is 1.92. The van der Waals surface area contributed by atoms with Crippen molar-refractivity contribution in [2.75, 3.05) is 5.73 Å². The lowest BCUT2D eigenvalue weighted by Crippen LogP contribution is -2.48. The van der Waals surface area contributed by atoms with Gasteiger partial charge >= 0.3 is 0 Å². The number of aliphatic hydroxyl groups is 1. The summed E-state index contributed by atoms with van der Waals surface area (Å²) in [6.07, 6.45) is 3.11. The van der Waals surface area contributed by atoms with Gasteiger partial charge in [-0.05, 0) is 43.7 Å². The van der Waals surface area contributed by atoms with Gasteiger partial charge in [-0.3, -0.25) is 4.79 Å². The fraction of sp³-hybridized carbons (Fsp3) is 0.625. The first-order valence-corrected chi connectivity index (χ1v) is 7.74. The molecule has 3 heterocycles. The highest BCUT2D eigenvalue weighted by atomic mass is 16.3. The molecule has 0 spiro atoms. The molecule has 1 amide bonds. The highest BCUT2D eigenvalue weighted by Gasteiger charge is 2.43. The topological polar surface area (TPSA) is 79.5 Å². The Morgan fingerprint density at radius 3 is 2.52 bits per heavy atom. The van der Waals surface area contributed by atoms with Crippen molar-refractivity contribution in [3.05, 3.63) is 23.4 Å². The summed E-state index contributed by atoms with van der Waals surface area (Å²) in [5.74, 6) is 0.666. The standard InChI is InChI=1S/C16H23N3O2/c1-9(2)14-5-10(6-15(17)18-14)16(21)19-11-3-4-12(19)8-13(20)7-11/h5-6,9,11-13,20H,3-4,7-8H2,1-2H3,(H2,17,18). The maximum Gasteiger partial charge on any atom is 0.254 e. The Balaban J connectivity index is 1.89. The van der Waals surface area contributed by atoms with E-state index in [-0.39, 0.29) is 30.0 Å². The first-order chi connectivity index (χ1) is 9.95. The fourth-order valence-electron chi connectivity index (χ4n) is 3.62. The largest absolute Gasteiger partial charge is 0.393 e. The lowest BCUT2D eigenvalue weighted by atomic mass is 9.98. The Kier molecular flexibility index (Phi) is 3.61. The number of carbonyl (C=O) groups excluding carboxylic acids is 1. The molecule has 1 aromatic heterocycles. The maximum absolute atomic E-state index is 12.9. The molecule has 0 aliphatic carbocycles. The van der Waals surface area contributed by atoms with E-state index < -0.39 is 0 Å². The molecular weight excluding hydrogens is 266 g/mol. The molecular formula is C16H23N3O2. The molecule has 0 saturated carbocycles. The van der Waals surface area contributed by atoms with Crippen molar-refractivity contribution in [3.63, 3.8) is 0 Å². The van der Waals surface area contributed by atoms with Gasteiger partial charge in [0.25, 0.3) is 5.91 Å². The number of nitrogen functional groups attached to an aromatic ring is 1. The lowest BCUT2D eigenvalue weighted by Gasteiger charge is -2.37. The van der Waals surface area contributed by atoms with Crippen LogP contribution >= 0.6 is 0 Å². The first kappa shape index (κ1) is 14.3. The van der Waals surface area contributed by atoms with Crippen molar-refractivity contribution < 1.29 is 9.90 Å². The Hall–Kier alpha value is -1.62. The van der Waals surface area contributed by atoms with Gasteiger partial charge in [0.05, 0.1) is 6.10 Å². The second kappa shape index (κ2) is 5.30.